The monoisotopic (exact) mass is 496 g/mol. The van der Waals surface area contributed by atoms with Crippen LogP contribution in [0.2, 0.25) is 5.02 Å². The average molecular weight is 497 g/mol. The molecule has 4 heterocycles. The molecule has 0 N–H and O–H groups in total. The molecular weight excluding hydrogens is 463 g/mol. The first kappa shape index (κ1) is 23.0. The number of hydrogen-bond acceptors (Lipinski definition) is 8. The van der Waals surface area contributed by atoms with E-state index in [1.54, 1.807) is 11.4 Å². The average Bonchev–Trinajstić information content (AvgIpc) is 2.87. The van der Waals surface area contributed by atoms with Crippen LogP contribution in [0.4, 0.5) is 0 Å². The fourth-order valence-electron chi connectivity index (χ4n) is 5.51. The maximum absolute atomic E-state index is 6.32. The molecule has 4 aliphatic rings. The Labute approximate surface area is 200 Å². The number of nitrogens with zero attached hydrogens (tertiary/aromatic N) is 6. The van der Waals surface area contributed by atoms with Crippen LogP contribution in [0.15, 0.2) is 39.5 Å². The van der Waals surface area contributed by atoms with E-state index in [-0.39, 0.29) is 0 Å². The van der Waals surface area contributed by atoms with Gasteiger partial charge in [-0.15, -0.1) is 0 Å². The summed E-state index contributed by atoms with van der Waals surface area (Å²) in [6.07, 6.45) is 8.05. The van der Waals surface area contributed by atoms with Crippen LogP contribution in [0.1, 0.15) is 57.8 Å². The first-order valence-corrected chi connectivity index (χ1v) is 16.0. The van der Waals surface area contributed by atoms with Crippen molar-refractivity contribution in [3.63, 3.8) is 0 Å². The Morgan fingerprint density at radius 3 is 1.66 bits per heavy atom. The molecule has 7 nitrogen and oxygen atoms in total. The van der Waals surface area contributed by atoms with Crippen molar-refractivity contribution in [3.05, 3.63) is 29.3 Å². The van der Waals surface area contributed by atoms with E-state index < -0.39 is 6.41 Å². The first-order valence-electron chi connectivity index (χ1n) is 12.1. The molecule has 10 heteroatoms. The van der Waals surface area contributed by atoms with Crippen LogP contribution in [-0.2, 0) is 0 Å². The van der Waals surface area contributed by atoms with Crippen molar-refractivity contribution < 1.29 is 4.74 Å². The van der Waals surface area contributed by atoms with E-state index in [1.165, 1.54) is 57.8 Å². The van der Waals surface area contributed by atoms with Gasteiger partial charge in [0.05, 0.1) is 0 Å². The third-order valence-electron chi connectivity index (χ3n) is 7.07. The molecule has 0 spiro atoms. The van der Waals surface area contributed by atoms with Crippen LogP contribution >= 0.6 is 29.4 Å². The molecule has 3 fully saturated rings. The van der Waals surface area contributed by atoms with Gasteiger partial charge in [0, 0.05) is 0 Å². The number of halogens is 1. The van der Waals surface area contributed by atoms with Gasteiger partial charge in [0.2, 0.25) is 0 Å². The van der Waals surface area contributed by atoms with Crippen molar-refractivity contribution in [1.29, 1.82) is 0 Å². The minimum absolute atomic E-state index is 0.613. The maximum atomic E-state index is 6.32. The molecule has 0 bridgehead atoms. The summed E-state index contributed by atoms with van der Waals surface area (Å²) in [5, 5.41) is 10.2. The molecule has 1 aromatic rings. The third-order valence-corrected chi connectivity index (χ3v) is 16.3. The van der Waals surface area contributed by atoms with E-state index in [0.29, 0.717) is 10.3 Å². The fraction of sp³-hybridized carbons (Fsp3) is 0.682. The second-order valence-corrected chi connectivity index (χ2v) is 16.2. The standard InChI is InChI=1S/C22H34ClN6OPS/c23-20-10-12-21(13-11-20)30-22-24-25-26-31(32-22,27-14-4-1-5-15-27,28-16-6-2-7-17-28)29-18-8-3-9-19-29/h10-13H,1-9,14-19H2. The molecule has 176 valence electrons. The van der Waals surface area contributed by atoms with Gasteiger partial charge < -0.3 is 0 Å². The second kappa shape index (κ2) is 9.85. The summed E-state index contributed by atoms with van der Waals surface area (Å²) in [5.74, 6) is 0.741. The number of hydrogen-bond donors (Lipinski definition) is 0. The van der Waals surface area contributed by atoms with Crippen LogP contribution < -0.4 is 4.74 Å². The predicted molar refractivity (Wildman–Crippen MR) is 135 cm³/mol. The second-order valence-electron chi connectivity index (χ2n) is 9.10. The van der Waals surface area contributed by atoms with Crippen LogP contribution in [0, 0.1) is 0 Å². The van der Waals surface area contributed by atoms with E-state index in [4.69, 9.17) is 21.2 Å². The predicted octanol–water partition coefficient (Wildman–Crippen LogP) is 6.77. The normalized spacial score (nSPS) is 28.4. The summed E-state index contributed by atoms with van der Waals surface area (Å²) >= 11 is 7.88. The summed E-state index contributed by atoms with van der Waals surface area (Å²) in [7, 11) is 0. The molecule has 0 unspecified atom stereocenters. The van der Waals surface area contributed by atoms with Crippen LogP contribution in [0.25, 0.3) is 0 Å². The number of ether oxygens (including phenoxy) is 1. The molecular formula is C22H34ClN6OPS. The molecule has 0 amide bonds. The van der Waals surface area contributed by atoms with Gasteiger partial charge in [-0.05, 0) is 0 Å². The zero-order valence-corrected chi connectivity index (χ0v) is 21.2. The SMILES string of the molecule is Clc1ccc(OC2=NN=NP(N3CCCCC3)(N3CCCCC3)(N3CCCCC3)S2)cc1. The first-order chi connectivity index (χ1) is 15.7. The summed E-state index contributed by atoms with van der Waals surface area (Å²) in [4.78, 5) is 5.28. The Morgan fingerprint density at radius 1 is 0.719 bits per heavy atom. The van der Waals surface area contributed by atoms with Gasteiger partial charge in [0.15, 0.2) is 0 Å². The Hall–Kier alpha value is -0.760. The van der Waals surface area contributed by atoms with Crippen molar-refractivity contribution in [2.24, 2.45) is 15.2 Å². The molecule has 0 atom stereocenters. The van der Waals surface area contributed by atoms with Gasteiger partial charge >= 0.3 is 201 Å². The Kier molecular flexibility index (Phi) is 7.08. The third kappa shape index (κ3) is 4.12. The molecule has 0 radical (unpaired) electrons. The van der Waals surface area contributed by atoms with Gasteiger partial charge in [-0.1, -0.05) is 0 Å². The molecule has 32 heavy (non-hydrogen) atoms. The Balaban J connectivity index is 1.57. The fourth-order valence-corrected chi connectivity index (χ4v) is 14.8. The van der Waals surface area contributed by atoms with E-state index in [9.17, 15) is 0 Å². The quantitative estimate of drug-likeness (QED) is 0.430. The van der Waals surface area contributed by atoms with E-state index in [2.05, 4.69) is 24.3 Å². The van der Waals surface area contributed by atoms with Gasteiger partial charge in [-0.25, -0.2) is 0 Å². The van der Waals surface area contributed by atoms with Crippen LogP contribution in [-0.4, -0.2) is 58.5 Å². The van der Waals surface area contributed by atoms with Gasteiger partial charge in [-0.2, -0.15) is 0 Å². The van der Waals surface area contributed by atoms with Crippen molar-refractivity contribution in [1.82, 2.24) is 14.0 Å². The molecule has 3 saturated heterocycles. The van der Waals surface area contributed by atoms with Crippen molar-refractivity contribution >= 4 is 34.6 Å². The number of rotatable bonds is 4. The Morgan fingerprint density at radius 2 is 1.19 bits per heavy atom. The minimum atomic E-state index is -3.18. The molecule has 5 rings (SSSR count). The van der Waals surface area contributed by atoms with Gasteiger partial charge in [0.1, 0.15) is 0 Å². The van der Waals surface area contributed by atoms with Crippen LogP contribution in [0.5, 0.6) is 5.75 Å². The van der Waals surface area contributed by atoms with Crippen LogP contribution in [0.3, 0.4) is 0 Å². The zero-order valence-electron chi connectivity index (χ0n) is 18.7. The molecule has 0 aliphatic carbocycles. The molecule has 0 saturated carbocycles. The number of piperidine rings is 3. The van der Waals surface area contributed by atoms with E-state index in [0.717, 1.165) is 45.0 Å². The van der Waals surface area contributed by atoms with E-state index >= 15 is 0 Å². The van der Waals surface area contributed by atoms with Crippen molar-refractivity contribution in [2.75, 3.05) is 39.3 Å². The Bertz CT molecular complexity index is 802. The topological polar surface area (TPSA) is 56.0 Å². The molecule has 0 aromatic heterocycles. The zero-order chi connectivity index (χ0) is 21.9. The summed E-state index contributed by atoms with van der Waals surface area (Å²) < 4.78 is 14.5. The molecule has 1 aromatic carbocycles. The summed E-state index contributed by atoms with van der Waals surface area (Å²) in [5.41, 5.74) is 0. The van der Waals surface area contributed by atoms with Crippen molar-refractivity contribution in [3.8, 4) is 5.75 Å². The van der Waals surface area contributed by atoms with Crippen molar-refractivity contribution in [2.45, 2.75) is 57.8 Å². The number of benzene rings is 1. The van der Waals surface area contributed by atoms with E-state index in [1.807, 2.05) is 24.3 Å². The molecule has 4 aliphatic heterocycles. The summed E-state index contributed by atoms with van der Waals surface area (Å²) in [6, 6.07) is 7.50. The van der Waals surface area contributed by atoms with Gasteiger partial charge in [-0.3, -0.25) is 0 Å². The summed E-state index contributed by atoms with van der Waals surface area (Å²) in [6.45, 7) is 6.45. The van der Waals surface area contributed by atoms with Gasteiger partial charge in [0.25, 0.3) is 0 Å².